The highest BCUT2D eigenvalue weighted by atomic mass is 16.7. The molecule has 0 saturated heterocycles. The second-order valence-electron chi connectivity index (χ2n) is 2.54. The van der Waals surface area contributed by atoms with Crippen LogP contribution in [0, 0.1) is 0 Å². The van der Waals surface area contributed by atoms with Crippen molar-refractivity contribution < 1.29 is 14.0 Å². The van der Waals surface area contributed by atoms with Crippen LogP contribution in [0.1, 0.15) is 0 Å². The van der Waals surface area contributed by atoms with E-state index in [1.807, 2.05) is 12.1 Å². The van der Waals surface area contributed by atoms with Gasteiger partial charge < -0.3 is 14.0 Å². The van der Waals surface area contributed by atoms with Crippen molar-refractivity contribution in [1.82, 2.24) is 5.16 Å². The molecular weight excluding hydrogens is 158 g/mol. The van der Waals surface area contributed by atoms with Gasteiger partial charge >= 0.3 is 0 Å². The van der Waals surface area contributed by atoms with Crippen LogP contribution in [0.25, 0.3) is 11.0 Å². The van der Waals surface area contributed by atoms with Gasteiger partial charge in [0.2, 0.25) is 18.1 Å². The summed E-state index contributed by atoms with van der Waals surface area (Å²) in [7, 11) is 0. The first-order valence-corrected chi connectivity index (χ1v) is 3.58. The van der Waals surface area contributed by atoms with Crippen LogP contribution < -0.4 is 9.47 Å². The van der Waals surface area contributed by atoms with E-state index in [0.29, 0.717) is 11.3 Å². The fraction of sp³-hybridized carbons (Fsp3) is 0.125. The number of ether oxygens (including phenoxy) is 2. The Kier molecular flexibility index (Phi) is 0.935. The lowest BCUT2D eigenvalue weighted by molar-refractivity contribution is 0.173. The molecule has 0 bridgehead atoms. The van der Waals surface area contributed by atoms with Crippen molar-refractivity contribution in [3.63, 3.8) is 0 Å². The number of rotatable bonds is 0. The Morgan fingerprint density at radius 2 is 2.25 bits per heavy atom. The minimum atomic E-state index is 0.259. The molecule has 0 fully saturated rings. The fourth-order valence-corrected chi connectivity index (χ4v) is 1.29. The van der Waals surface area contributed by atoms with Gasteiger partial charge in [-0.15, -0.1) is 0 Å². The quantitative estimate of drug-likeness (QED) is 0.591. The number of nitrogens with zero attached hydrogens (tertiary/aromatic N) is 1. The summed E-state index contributed by atoms with van der Waals surface area (Å²) in [6.45, 7) is 0.259. The molecule has 2 aromatic rings. The van der Waals surface area contributed by atoms with Gasteiger partial charge in [-0.3, -0.25) is 0 Å². The first-order chi connectivity index (χ1) is 5.95. The van der Waals surface area contributed by atoms with Crippen LogP contribution in [0.5, 0.6) is 11.5 Å². The third kappa shape index (κ3) is 0.592. The van der Waals surface area contributed by atoms with Crippen LogP contribution in [0.4, 0.5) is 0 Å². The Balaban J connectivity index is 2.46. The van der Waals surface area contributed by atoms with Crippen LogP contribution in [0.2, 0.25) is 0 Å². The van der Waals surface area contributed by atoms with Gasteiger partial charge in [-0.05, 0) is 12.1 Å². The molecule has 0 saturated carbocycles. The average molecular weight is 163 g/mol. The van der Waals surface area contributed by atoms with Gasteiger partial charge in [0.25, 0.3) is 0 Å². The third-order valence-electron chi connectivity index (χ3n) is 1.86. The Bertz CT molecular complexity index is 435. The SMILES string of the molecule is c1cc2cnoc2c2c1OCO2. The van der Waals surface area contributed by atoms with Crippen molar-refractivity contribution in [2.45, 2.75) is 0 Å². The smallest absolute Gasteiger partial charge is 0.231 e. The second-order valence-corrected chi connectivity index (χ2v) is 2.54. The lowest BCUT2D eigenvalue weighted by Crippen LogP contribution is -1.93. The minimum absolute atomic E-state index is 0.259. The van der Waals surface area contributed by atoms with Crippen molar-refractivity contribution in [2.75, 3.05) is 6.79 Å². The van der Waals surface area contributed by atoms with Crippen LogP contribution in [-0.4, -0.2) is 11.9 Å². The van der Waals surface area contributed by atoms with Crippen molar-refractivity contribution in [3.05, 3.63) is 18.3 Å². The number of hydrogen-bond acceptors (Lipinski definition) is 4. The highest BCUT2D eigenvalue weighted by Gasteiger charge is 2.18. The molecule has 1 aromatic carbocycles. The largest absolute Gasteiger partial charge is 0.453 e. The summed E-state index contributed by atoms with van der Waals surface area (Å²) < 4.78 is 15.4. The number of aromatic nitrogens is 1. The van der Waals surface area contributed by atoms with Gasteiger partial charge in [0, 0.05) is 5.39 Å². The topological polar surface area (TPSA) is 44.5 Å². The summed E-state index contributed by atoms with van der Waals surface area (Å²) in [5, 5.41) is 4.60. The lowest BCUT2D eigenvalue weighted by atomic mass is 10.2. The first-order valence-electron chi connectivity index (χ1n) is 3.58. The van der Waals surface area contributed by atoms with Crippen LogP contribution in [-0.2, 0) is 0 Å². The van der Waals surface area contributed by atoms with Crippen LogP contribution >= 0.6 is 0 Å². The zero-order valence-electron chi connectivity index (χ0n) is 6.11. The summed E-state index contributed by atoms with van der Waals surface area (Å²) in [6, 6.07) is 3.74. The molecule has 4 nitrogen and oxygen atoms in total. The van der Waals surface area contributed by atoms with Gasteiger partial charge in [-0.25, -0.2) is 0 Å². The molecule has 2 heterocycles. The first kappa shape index (κ1) is 5.88. The van der Waals surface area contributed by atoms with E-state index in [0.717, 1.165) is 11.1 Å². The zero-order valence-corrected chi connectivity index (χ0v) is 6.11. The lowest BCUT2D eigenvalue weighted by Gasteiger charge is -1.92. The van der Waals surface area contributed by atoms with Gasteiger partial charge in [0.1, 0.15) is 0 Å². The van der Waals surface area contributed by atoms with E-state index in [2.05, 4.69) is 5.16 Å². The van der Waals surface area contributed by atoms with E-state index in [1.165, 1.54) is 0 Å². The standard InChI is InChI=1S/C8H5NO3/c1-2-6-8(11-4-10-6)7-5(1)3-9-12-7/h1-3H,4H2. The summed E-state index contributed by atoms with van der Waals surface area (Å²) in [4.78, 5) is 0. The number of benzene rings is 1. The monoisotopic (exact) mass is 163 g/mol. The maximum atomic E-state index is 5.21. The molecule has 0 N–H and O–H groups in total. The summed E-state index contributed by atoms with van der Waals surface area (Å²) in [5.74, 6) is 1.38. The molecule has 1 aromatic heterocycles. The molecule has 1 aliphatic rings. The Labute approximate surface area is 67.7 Å². The average Bonchev–Trinajstić information content (AvgIpc) is 2.71. The maximum absolute atomic E-state index is 5.21. The van der Waals surface area contributed by atoms with Crippen molar-refractivity contribution in [1.29, 1.82) is 0 Å². The van der Waals surface area contributed by atoms with Crippen molar-refractivity contribution in [2.24, 2.45) is 0 Å². The molecule has 0 radical (unpaired) electrons. The molecule has 0 atom stereocenters. The molecule has 3 rings (SSSR count). The predicted octanol–water partition coefficient (Wildman–Crippen LogP) is 1.56. The molecule has 0 amide bonds. The van der Waals surface area contributed by atoms with E-state index in [4.69, 9.17) is 14.0 Å². The van der Waals surface area contributed by atoms with E-state index in [-0.39, 0.29) is 6.79 Å². The highest BCUT2D eigenvalue weighted by molar-refractivity contribution is 5.85. The highest BCUT2D eigenvalue weighted by Crippen LogP contribution is 2.38. The summed E-state index contributed by atoms with van der Waals surface area (Å²) in [6.07, 6.45) is 1.65. The molecule has 4 heteroatoms. The van der Waals surface area contributed by atoms with Gasteiger partial charge in [-0.1, -0.05) is 5.16 Å². The zero-order chi connectivity index (χ0) is 7.97. The molecule has 60 valence electrons. The van der Waals surface area contributed by atoms with E-state index >= 15 is 0 Å². The Hall–Kier alpha value is -1.71. The van der Waals surface area contributed by atoms with Crippen molar-refractivity contribution in [3.8, 4) is 11.5 Å². The fourth-order valence-electron chi connectivity index (χ4n) is 1.29. The molecular formula is C8H5NO3. The summed E-state index contributed by atoms with van der Waals surface area (Å²) in [5.41, 5.74) is 0.657. The number of fused-ring (bicyclic) bond motifs is 3. The minimum Gasteiger partial charge on any atom is -0.453 e. The summed E-state index contributed by atoms with van der Waals surface area (Å²) >= 11 is 0. The van der Waals surface area contributed by atoms with Crippen molar-refractivity contribution >= 4 is 11.0 Å². The van der Waals surface area contributed by atoms with Crippen LogP contribution in [0.15, 0.2) is 22.9 Å². The van der Waals surface area contributed by atoms with Gasteiger partial charge in [-0.2, -0.15) is 0 Å². The van der Waals surface area contributed by atoms with Gasteiger partial charge in [0.15, 0.2) is 5.75 Å². The third-order valence-corrected chi connectivity index (χ3v) is 1.86. The Morgan fingerprint density at radius 1 is 1.25 bits per heavy atom. The molecule has 12 heavy (non-hydrogen) atoms. The Morgan fingerprint density at radius 3 is 3.25 bits per heavy atom. The normalized spacial score (nSPS) is 14.0. The van der Waals surface area contributed by atoms with E-state index in [1.54, 1.807) is 6.20 Å². The predicted molar refractivity (Wildman–Crippen MR) is 40.1 cm³/mol. The molecule has 0 unspecified atom stereocenters. The van der Waals surface area contributed by atoms with E-state index < -0.39 is 0 Å². The second kappa shape index (κ2) is 1.91. The van der Waals surface area contributed by atoms with E-state index in [9.17, 15) is 0 Å². The van der Waals surface area contributed by atoms with Gasteiger partial charge in [0.05, 0.1) is 6.20 Å². The molecule has 0 aliphatic carbocycles. The van der Waals surface area contributed by atoms with Crippen LogP contribution in [0.3, 0.4) is 0 Å². The molecule has 1 aliphatic heterocycles. The maximum Gasteiger partial charge on any atom is 0.231 e. The number of hydrogen-bond donors (Lipinski definition) is 0. The molecule has 0 spiro atoms.